The van der Waals surface area contributed by atoms with Crippen molar-refractivity contribution in [2.75, 3.05) is 11.9 Å². The SMILES string of the molecule is Cc1cccc(NC(=O)NC(C(=O)NCC(=O)OC(C)(C)C)c2cc[c]([Sn]([CH3])([CH3])[CH3])cc2)c1. The zero-order valence-corrected chi connectivity index (χ0v) is 23.4. The van der Waals surface area contributed by atoms with Crippen LogP contribution in [0.25, 0.3) is 0 Å². The van der Waals surface area contributed by atoms with Gasteiger partial charge >= 0.3 is 201 Å². The molecular weight excluding hydrogens is 525 g/mol. The third-order valence-corrected chi connectivity index (χ3v) is 10.6. The quantitative estimate of drug-likeness (QED) is 0.354. The number of rotatable bonds is 7. The number of hydrogen-bond acceptors (Lipinski definition) is 4. The number of benzene rings is 2. The van der Waals surface area contributed by atoms with E-state index in [1.54, 1.807) is 26.8 Å². The summed E-state index contributed by atoms with van der Waals surface area (Å²) in [6.07, 6.45) is 0. The fraction of sp³-hybridized carbons (Fsp3) is 0.400. The number of amides is 3. The number of esters is 1. The zero-order chi connectivity index (χ0) is 24.8. The predicted octanol–water partition coefficient (Wildman–Crippen LogP) is 3.86. The second-order valence-corrected chi connectivity index (χ2v) is 24.6. The molecule has 2 rings (SSSR count). The van der Waals surface area contributed by atoms with Gasteiger partial charge in [-0.05, 0) is 0 Å². The van der Waals surface area contributed by atoms with Gasteiger partial charge in [0.15, 0.2) is 0 Å². The molecule has 2 aromatic rings. The van der Waals surface area contributed by atoms with Gasteiger partial charge in [-0.2, -0.15) is 0 Å². The van der Waals surface area contributed by atoms with E-state index in [-0.39, 0.29) is 6.54 Å². The number of anilines is 1. The topological polar surface area (TPSA) is 96.5 Å². The van der Waals surface area contributed by atoms with Crippen LogP contribution in [0.4, 0.5) is 10.5 Å². The van der Waals surface area contributed by atoms with Crippen LogP contribution in [0.1, 0.15) is 37.9 Å². The van der Waals surface area contributed by atoms with E-state index in [2.05, 4.69) is 30.8 Å². The van der Waals surface area contributed by atoms with Gasteiger partial charge in [0, 0.05) is 0 Å². The average molecular weight is 560 g/mol. The van der Waals surface area contributed by atoms with Crippen molar-refractivity contribution in [2.45, 2.75) is 54.2 Å². The normalized spacial score (nSPS) is 12.5. The van der Waals surface area contributed by atoms with Crippen molar-refractivity contribution >= 4 is 45.6 Å². The van der Waals surface area contributed by atoms with Crippen LogP contribution in [-0.2, 0) is 14.3 Å². The van der Waals surface area contributed by atoms with Gasteiger partial charge in [0.1, 0.15) is 0 Å². The molecule has 0 aliphatic rings. The van der Waals surface area contributed by atoms with E-state index in [1.165, 1.54) is 3.58 Å². The number of urea groups is 1. The average Bonchev–Trinajstić information content (AvgIpc) is 2.68. The Morgan fingerprint density at radius 1 is 1.00 bits per heavy atom. The zero-order valence-electron chi connectivity index (χ0n) is 20.5. The Morgan fingerprint density at radius 2 is 1.64 bits per heavy atom. The molecule has 0 fully saturated rings. The molecule has 0 bridgehead atoms. The minimum atomic E-state index is -2.27. The molecule has 1 atom stereocenters. The first-order valence-corrected chi connectivity index (χ1v) is 21.0. The van der Waals surface area contributed by atoms with Gasteiger partial charge in [0.25, 0.3) is 0 Å². The van der Waals surface area contributed by atoms with Crippen LogP contribution in [0.5, 0.6) is 0 Å². The Labute approximate surface area is 200 Å². The summed E-state index contributed by atoms with van der Waals surface area (Å²) in [5.74, 6) is -1.04. The molecule has 178 valence electrons. The molecule has 0 heterocycles. The second kappa shape index (κ2) is 11.0. The van der Waals surface area contributed by atoms with Crippen molar-refractivity contribution in [3.63, 3.8) is 0 Å². The van der Waals surface area contributed by atoms with E-state index >= 15 is 0 Å². The van der Waals surface area contributed by atoms with E-state index in [9.17, 15) is 14.4 Å². The van der Waals surface area contributed by atoms with E-state index < -0.39 is 47.9 Å². The first-order chi connectivity index (χ1) is 15.2. The number of nitrogens with one attached hydrogen (secondary N) is 3. The summed E-state index contributed by atoms with van der Waals surface area (Å²) < 4.78 is 6.56. The van der Waals surface area contributed by atoms with Gasteiger partial charge < -0.3 is 0 Å². The van der Waals surface area contributed by atoms with Crippen molar-refractivity contribution in [2.24, 2.45) is 0 Å². The molecule has 0 aliphatic carbocycles. The van der Waals surface area contributed by atoms with Crippen molar-refractivity contribution in [1.82, 2.24) is 10.6 Å². The molecule has 0 spiro atoms. The van der Waals surface area contributed by atoms with Crippen LogP contribution >= 0.6 is 0 Å². The standard InChI is InChI=1S/C22H26N3O4.3CH3.Sn/c1-15-9-8-12-17(13-15)24-21(28)25-19(16-10-6-5-7-11-16)20(27)23-14-18(26)29-22(2,3)4;;;;/h6-13,19H,14H2,1-4H3,(H,23,27)(H2,24,25,28);3*1H3;. The molecular formula is C25H35N3O4Sn. The molecule has 0 radical (unpaired) electrons. The van der Waals surface area contributed by atoms with Gasteiger partial charge in [-0.1, -0.05) is 0 Å². The summed E-state index contributed by atoms with van der Waals surface area (Å²) in [6.45, 7) is 6.92. The van der Waals surface area contributed by atoms with Crippen molar-refractivity contribution in [1.29, 1.82) is 0 Å². The number of ether oxygens (including phenoxy) is 1. The van der Waals surface area contributed by atoms with Crippen LogP contribution < -0.4 is 19.5 Å². The molecule has 0 aromatic heterocycles. The summed E-state index contributed by atoms with van der Waals surface area (Å²) in [5, 5.41) is 8.08. The summed E-state index contributed by atoms with van der Waals surface area (Å²) in [4.78, 5) is 44.6. The van der Waals surface area contributed by atoms with Gasteiger partial charge in [0.2, 0.25) is 0 Å². The molecule has 3 amide bonds. The van der Waals surface area contributed by atoms with Gasteiger partial charge in [-0.15, -0.1) is 0 Å². The number of carbonyl (C=O) groups excluding carboxylic acids is 3. The first-order valence-electron chi connectivity index (χ1n) is 11.0. The Morgan fingerprint density at radius 3 is 2.18 bits per heavy atom. The Balaban J connectivity index is 2.19. The number of carbonyl (C=O) groups is 3. The molecule has 1 unspecified atom stereocenters. The summed E-state index contributed by atoms with van der Waals surface area (Å²) in [7, 11) is 0. The van der Waals surface area contributed by atoms with E-state index in [0.717, 1.165) is 5.56 Å². The molecule has 7 nitrogen and oxygen atoms in total. The third kappa shape index (κ3) is 9.07. The first kappa shape index (κ1) is 26.7. The molecule has 0 saturated carbocycles. The maximum atomic E-state index is 13.0. The Hall–Kier alpha value is -2.55. The van der Waals surface area contributed by atoms with Gasteiger partial charge in [-0.25, -0.2) is 0 Å². The van der Waals surface area contributed by atoms with Gasteiger partial charge in [-0.3, -0.25) is 0 Å². The summed E-state index contributed by atoms with van der Waals surface area (Å²) in [5.41, 5.74) is 1.61. The number of aryl methyl sites for hydroxylation is 1. The van der Waals surface area contributed by atoms with Crippen molar-refractivity contribution < 1.29 is 19.1 Å². The monoisotopic (exact) mass is 561 g/mol. The molecule has 33 heavy (non-hydrogen) atoms. The van der Waals surface area contributed by atoms with Crippen molar-refractivity contribution in [3.05, 3.63) is 59.7 Å². The van der Waals surface area contributed by atoms with Crippen LogP contribution in [0, 0.1) is 6.92 Å². The van der Waals surface area contributed by atoms with E-state index in [1.807, 2.05) is 49.4 Å². The van der Waals surface area contributed by atoms with Crippen LogP contribution in [0.3, 0.4) is 0 Å². The Kier molecular flexibility index (Phi) is 8.94. The molecule has 3 N–H and O–H groups in total. The van der Waals surface area contributed by atoms with E-state index in [4.69, 9.17) is 4.74 Å². The fourth-order valence-electron chi connectivity index (χ4n) is 3.14. The minimum absolute atomic E-state index is 0.287. The van der Waals surface area contributed by atoms with E-state index in [0.29, 0.717) is 11.3 Å². The molecule has 0 aliphatic heterocycles. The summed E-state index contributed by atoms with van der Waals surface area (Å²) in [6, 6.07) is 13.7. The molecule has 2 aromatic carbocycles. The fourth-order valence-corrected chi connectivity index (χ4v) is 6.47. The Bertz CT molecular complexity index is 992. The van der Waals surface area contributed by atoms with Crippen LogP contribution in [0.15, 0.2) is 48.5 Å². The van der Waals surface area contributed by atoms with Crippen LogP contribution in [-0.4, -0.2) is 48.4 Å². The van der Waals surface area contributed by atoms with Crippen LogP contribution in [0.2, 0.25) is 14.8 Å². The molecule has 8 heteroatoms. The van der Waals surface area contributed by atoms with Crippen molar-refractivity contribution in [3.8, 4) is 0 Å². The third-order valence-electron chi connectivity index (χ3n) is 4.75. The predicted molar refractivity (Wildman–Crippen MR) is 134 cm³/mol. The van der Waals surface area contributed by atoms with Gasteiger partial charge in [0.05, 0.1) is 0 Å². The summed E-state index contributed by atoms with van der Waals surface area (Å²) >= 11 is -2.27. The molecule has 0 saturated heterocycles. The second-order valence-electron chi connectivity index (χ2n) is 10.1. The number of hydrogen-bond donors (Lipinski definition) is 3. The maximum absolute atomic E-state index is 13.0.